The van der Waals surface area contributed by atoms with E-state index in [0.29, 0.717) is 11.1 Å². The molecule has 1 N–H and O–H groups in total. The highest BCUT2D eigenvalue weighted by Crippen LogP contribution is 2.29. The molecule has 2 radical (unpaired) electrons. The van der Waals surface area contributed by atoms with Gasteiger partial charge in [0.05, 0.1) is 5.50 Å². The smallest absolute Gasteiger partial charge is 0.126 e. The maximum atomic E-state index is 13.1. The average Bonchev–Trinajstić information content (AvgIpc) is 2.78. The summed E-state index contributed by atoms with van der Waals surface area (Å²) in [5.74, 6) is -0.422. The molecule has 0 aliphatic heterocycles. The lowest BCUT2D eigenvalue weighted by Crippen LogP contribution is -2.27. The zero-order valence-corrected chi connectivity index (χ0v) is 11.7. The van der Waals surface area contributed by atoms with Crippen LogP contribution in [0.3, 0.4) is 0 Å². The maximum Gasteiger partial charge on any atom is 0.126 e. The van der Waals surface area contributed by atoms with Crippen LogP contribution in [0.4, 0.5) is 4.39 Å². The largest absolute Gasteiger partial charge is 0.391 e. The molecule has 0 aliphatic carbocycles. The van der Waals surface area contributed by atoms with Crippen LogP contribution in [0.2, 0.25) is 0 Å². The molecule has 0 saturated carbocycles. The topological polar surface area (TPSA) is 25.2 Å². The predicted molar refractivity (Wildman–Crippen MR) is 76.6 cm³/mol. The number of halogens is 2. The quantitative estimate of drug-likeness (QED) is 0.674. The second-order valence-corrected chi connectivity index (χ2v) is 5.35. The van der Waals surface area contributed by atoms with E-state index < -0.39 is 11.3 Å². The van der Waals surface area contributed by atoms with Crippen molar-refractivity contribution in [1.29, 1.82) is 0 Å². The summed E-state index contributed by atoms with van der Waals surface area (Å²) in [4.78, 5) is 0. The molecule has 1 unspecified atom stereocenters. The van der Waals surface area contributed by atoms with E-state index in [2.05, 4.69) is 21.2 Å². The zero-order chi connectivity index (χ0) is 12.5. The van der Waals surface area contributed by atoms with Crippen molar-refractivity contribution in [2.75, 3.05) is 0 Å². The fraction of sp³-hybridized carbons (Fsp3) is 0.0909. The number of benzene rings is 1. The molecule has 0 bridgehead atoms. The normalized spacial score (nSPS) is 14.5. The van der Waals surface area contributed by atoms with Gasteiger partial charge in [0, 0.05) is 42.7 Å². The molecule has 2 aromatic rings. The molecular weight excluding hydrogens is 351 g/mol. The van der Waals surface area contributed by atoms with Gasteiger partial charge in [0.25, 0.3) is 0 Å². The predicted octanol–water partition coefficient (Wildman–Crippen LogP) is 2.84. The number of nitrogens with zero attached hydrogens (tertiary/aromatic N) is 1. The Bertz CT molecular complexity index is 532. The number of hydrogen-bond acceptors (Lipinski definition) is 2. The lowest BCUT2D eigenvalue weighted by atomic mass is 9.72. The van der Waals surface area contributed by atoms with Gasteiger partial charge < -0.3 is 5.11 Å². The van der Waals surface area contributed by atoms with Crippen LogP contribution in [0.15, 0.2) is 42.7 Å². The van der Waals surface area contributed by atoms with E-state index in [1.807, 2.05) is 0 Å². The molecule has 1 aromatic carbocycles. The Morgan fingerprint density at radius 3 is 2.71 bits per heavy atom. The third kappa shape index (κ3) is 2.69. The lowest BCUT2D eigenvalue weighted by molar-refractivity contribution is 0.172. The van der Waals surface area contributed by atoms with Crippen LogP contribution in [0.25, 0.3) is 0 Å². The van der Waals surface area contributed by atoms with Crippen LogP contribution in [0.5, 0.6) is 0 Å². The first-order valence-electron chi connectivity index (χ1n) is 4.79. The Morgan fingerprint density at radius 2 is 2.12 bits per heavy atom. The summed E-state index contributed by atoms with van der Waals surface area (Å²) < 4.78 is 14.9. The highest BCUT2D eigenvalue weighted by molar-refractivity contribution is 14.2. The van der Waals surface area contributed by atoms with Gasteiger partial charge in [-0.15, -0.1) is 0 Å². The Kier molecular flexibility index (Phi) is 3.84. The van der Waals surface area contributed by atoms with Gasteiger partial charge in [-0.2, -0.15) is 0 Å². The fourth-order valence-electron chi connectivity index (χ4n) is 1.54. The molecule has 0 aliphatic rings. The van der Waals surface area contributed by atoms with Crippen molar-refractivity contribution in [3.05, 3.63) is 59.7 Å². The molecule has 2 rings (SSSR count). The number of aliphatic hydroxyl groups is 1. The summed E-state index contributed by atoms with van der Waals surface area (Å²) in [6.07, 6.45) is 3.49. The molecule has 2 nitrogen and oxygen atoms in total. The van der Waals surface area contributed by atoms with E-state index in [9.17, 15) is 9.50 Å². The van der Waals surface area contributed by atoms with Crippen LogP contribution < -0.4 is 0 Å². The van der Waals surface area contributed by atoms with Gasteiger partial charge >= 0.3 is 0 Å². The first-order chi connectivity index (χ1) is 8.04. The summed E-state index contributed by atoms with van der Waals surface area (Å²) in [7, 11) is 7.31. The highest BCUT2D eigenvalue weighted by atomic mass is 127. The number of aromatic nitrogens is 1. The Labute approximate surface area is 116 Å². The lowest BCUT2D eigenvalue weighted by Gasteiger charge is -2.23. The minimum atomic E-state index is -1.68. The second kappa shape index (κ2) is 5.03. The summed E-state index contributed by atoms with van der Waals surface area (Å²) >= 11 is 2.11. The first-order valence-corrected chi connectivity index (χ1v) is 8.10. The van der Waals surface area contributed by atoms with Crippen LogP contribution in [0.1, 0.15) is 11.1 Å². The number of rotatable bonds is 3. The van der Waals surface area contributed by atoms with Crippen LogP contribution >= 0.6 is 30.3 Å². The van der Waals surface area contributed by atoms with Crippen LogP contribution in [0, 0.1) is 5.82 Å². The maximum absolute atomic E-state index is 13.1. The van der Waals surface area contributed by atoms with E-state index >= 15 is 0 Å². The molecule has 86 valence electrons. The van der Waals surface area contributed by atoms with E-state index in [0.717, 1.165) is 0 Å². The highest BCUT2D eigenvalue weighted by Gasteiger charge is 2.26. The molecule has 1 atom stereocenters. The van der Waals surface area contributed by atoms with Crippen molar-refractivity contribution < 1.29 is 9.50 Å². The van der Waals surface area contributed by atoms with Gasteiger partial charge in [0.15, 0.2) is 0 Å². The molecule has 0 amide bonds. The molecule has 6 heteroatoms. The van der Waals surface area contributed by atoms with Gasteiger partial charge in [-0.25, -0.2) is 4.39 Å². The van der Waals surface area contributed by atoms with E-state index in [4.69, 9.17) is 7.85 Å². The molecule has 0 spiro atoms. The van der Waals surface area contributed by atoms with Gasteiger partial charge in [-0.3, -0.25) is 3.97 Å². The monoisotopic (exact) mass is 359 g/mol. The first kappa shape index (κ1) is 13.0. The number of hydrogen-bond donors (Lipinski definition) is 1. The Balaban J connectivity index is 2.41. The SMILES string of the molecule is [B]C(O)(c1cccc(F)c1)c1ccn(SI)c1. The van der Waals surface area contributed by atoms with Gasteiger partial charge in [-0.05, 0) is 29.3 Å². The van der Waals surface area contributed by atoms with Crippen molar-refractivity contribution in [3.8, 4) is 0 Å². The minimum absolute atomic E-state index is 0.328. The summed E-state index contributed by atoms with van der Waals surface area (Å²) in [6.45, 7) is 0. The van der Waals surface area contributed by atoms with Crippen molar-refractivity contribution >= 4 is 38.2 Å². The van der Waals surface area contributed by atoms with E-state index in [1.54, 1.807) is 28.5 Å². The summed E-state index contributed by atoms with van der Waals surface area (Å²) in [5, 5.41) is 10.3. The zero-order valence-electron chi connectivity index (χ0n) is 8.68. The second-order valence-electron chi connectivity index (χ2n) is 3.61. The van der Waals surface area contributed by atoms with Crippen LogP contribution in [-0.4, -0.2) is 16.9 Å². The van der Waals surface area contributed by atoms with Crippen molar-refractivity contribution in [1.82, 2.24) is 3.97 Å². The van der Waals surface area contributed by atoms with Gasteiger partial charge in [0.1, 0.15) is 13.7 Å². The van der Waals surface area contributed by atoms with E-state index in [1.165, 1.54) is 27.3 Å². The molecular formula is C11H8BFINOS. The standard InChI is InChI=1S/C11H8BFINOS/c12-11(16,8-2-1-3-10(13)6-8)9-4-5-15(7-9)17-14/h1-7,16H. The minimum Gasteiger partial charge on any atom is -0.391 e. The van der Waals surface area contributed by atoms with Crippen molar-refractivity contribution in [2.45, 2.75) is 5.50 Å². The summed E-state index contributed by atoms with van der Waals surface area (Å²) in [6, 6.07) is 7.36. The molecule has 0 saturated heterocycles. The van der Waals surface area contributed by atoms with Gasteiger partial charge in [0.2, 0.25) is 0 Å². The van der Waals surface area contributed by atoms with Crippen molar-refractivity contribution in [2.24, 2.45) is 0 Å². The molecule has 0 fully saturated rings. The third-order valence-corrected chi connectivity index (χ3v) is 4.20. The van der Waals surface area contributed by atoms with E-state index in [-0.39, 0.29) is 0 Å². The Hall–Kier alpha value is -0.465. The molecule has 1 aromatic heterocycles. The van der Waals surface area contributed by atoms with Gasteiger partial charge in [-0.1, -0.05) is 12.1 Å². The molecule has 1 heterocycles. The Morgan fingerprint density at radius 1 is 1.35 bits per heavy atom. The average molecular weight is 359 g/mol. The molecule has 17 heavy (non-hydrogen) atoms. The van der Waals surface area contributed by atoms with Crippen LogP contribution in [-0.2, 0) is 5.50 Å². The summed E-state index contributed by atoms with van der Waals surface area (Å²) in [5.41, 5.74) is -0.833. The van der Waals surface area contributed by atoms with Crippen molar-refractivity contribution in [3.63, 3.8) is 0 Å². The third-order valence-electron chi connectivity index (χ3n) is 2.45. The fourth-order valence-corrected chi connectivity index (χ4v) is 2.53.